The van der Waals surface area contributed by atoms with Crippen LogP contribution in [0.2, 0.25) is 5.02 Å². The van der Waals surface area contributed by atoms with Crippen molar-refractivity contribution in [1.29, 1.82) is 0 Å². The van der Waals surface area contributed by atoms with E-state index in [1.54, 1.807) is 0 Å². The van der Waals surface area contributed by atoms with Crippen molar-refractivity contribution in [1.82, 2.24) is 9.21 Å². The SMILES string of the molecule is C[C@H](c1ccccc1Cl)N1CCN(S(=O)(=O)c2ccccc2[N+](=O)[O-])CC1. The molecule has 3 rings (SSSR count). The Morgan fingerprint density at radius 3 is 2.26 bits per heavy atom. The van der Waals surface area contributed by atoms with Crippen LogP contribution in [0.25, 0.3) is 0 Å². The number of para-hydroxylation sites is 1. The van der Waals surface area contributed by atoms with Gasteiger partial charge in [0.25, 0.3) is 5.69 Å². The average molecular weight is 410 g/mol. The highest BCUT2D eigenvalue weighted by atomic mass is 35.5. The number of nitro benzene ring substituents is 1. The Labute approximate surface area is 163 Å². The zero-order chi connectivity index (χ0) is 19.6. The number of rotatable bonds is 5. The van der Waals surface area contributed by atoms with E-state index in [9.17, 15) is 18.5 Å². The van der Waals surface area contributed by atoms with Crippen LogP contribution in [-0.4, -0.2) is 48.7 Å². The maximum Gasteiger partial charge on any atom is 0.289 e. The number of hydrogen-bond acceptors (Lipinski definition) is 5. The molecule has 1 fully saturated rings. The van der Waals surface area contributed by atoms with E-state index < -0.39 is 20.6 Å². The lowest BCUT2D eigenvalue weighted by molar-refractivity contribution is -0.387. The Morgan fingerprint density at radius 1 is 1.04 bits per heavy atom. The van der Waals surface area contributed by atoms with Crippen molar-refractivity contribution in [2.45, 2.75) is 17.9 Å². The zero-order valence-corrected chi connectivity index (χ0v) is 16.4. The number of piperazine rings is 1. The minimum absolute atomic E-state index is 0.0506. The second-order valence-corrected chi connectivity index (χ2v) is 8.68. The van der Waals surface area contributed by atoms with Gasteiger partial charge in [-0.05, 0) is 24.6 Å². The van der Waals surface area contributed by atoms with Crippen molar-refractivity contribution >= 4 is 27.3 Å². The Hall–Kier alpha value is -2.00. The number of hydrogen-bond donors (Lipinski definition) is 0. The molecule has 2 aromatic carbocycles. The molecule has 0 spiro atoms. The lowest BCUT2D eigenvalue weighted by Crippen LogP contribution is -2.49. The molecular formula is C18H20ClN3O4S. The molecule has 9 heteroatoms. The smallest absolute Gasteiger partial charge is 0.289 e. The predicted molar refractivity (Wildman–Crippen MR) is 103 cm³/mol. The molecule has 0 aromatic heterocycles. The molecule has 1 heterocycles. The molecule has 0 amide bonds. The van der Waals surface area contributed by atoms with Crippen molar-refractivity contribution in [3.8, 4) is 0 Å². The standard InChI is InChI=1S/C18H20ClN3O4S/c1-14(15-6-2-3-7-16(15)19)20-10-12-21(13-11-20)27(25,26)18-9-5-4-8-17(18)22(23)24/h2-9,14H,10-13H2,1H3/t14-/m1/s1. The van der Waals surface area contributed by atoms with E-state index in [-0.39, 0.29) is 24.0 Å². The first kappa shape index (κ1) is 19.8. The van der Waals surface area contributed by atoms with Gasteiger partial charge in [-0.25, -0.2) is 8.42 Å². The van der Waals surface area contributed by atoms with Crippen molar-refractivity contribution in [3.05, 3.63) is 69.2 Å². The molecule has 27 heavy (non-hydrogen) atoms. The molecule has 0 bridgehead atoms. The van der Waals surface area contributed by atoms with Crippen LogP contribution in [0.5, 0.6) is 0 Å². The molecule has 1 aliphatic rings. The summed E-state index contributed by atoms with van der Waals surface area (Å²) in [6.45, 7) is 3.61. The van der Waals surface area contributed by atoms with E-state index in [2.05, 4.69) is 4.90 Å². The molecule has 0 aliphatic carbocycles. The van der Waals surface area contributed by atoms with Gasteiger partial charge in [0.05, 0.1) is 4.92 Å². The molecule has 1 saturated heterocycles. The fourth-order valence-corrected chi connectivity index (χ4v) is 5.18. The van der Waals surface area contributed by atoms with Crippen LogP contribution in [0.1, 0.15) is 18.5 Å². The number of benzene rings is 2. The minimum Gasteiger partial charge on any atom is -0.294 e. The van der Waals surface area contributed by atoms with Gasteiger partial charge in [-0.15, -0.1) is 0 Å². The van der Waals surface area contributed by atoms with Crippen molar-refractivity contribution < 1.29 is 13.3 Å². The van der Waals surface area contributed by atoms with Gasteiger partial charge in [0.2, 0.25) is 10.0 Å². The van der Waals surface area contributed by atoms with Gasteiger partial charge in [0.15, 0.2) is 4.90 Å². The number of halogens is 1. The van der Waals surface area contributed by atoms with Crippen molar-refractivity contribution in [2.75, 3.05) is 26.2 Å². The first-order chi connectivity index (χ1) is 12.8. The highest BCUT2D eigenvalue weighted by Gasteiger charge is 2.34. The molecule has 1 atom stereocenters. The largest absolute Gasteiger partial charge is 0.294 e. The van der Waals surface area contributed by atoms with Crippen molar-refractivity contribution in [3.63, 3.8) is 0 Å². The predicted octanol–water partition coefficient (Wildman–Crippen LogP) is 3.32. The van der Waals surface area contributed by atoms with Gasteiger partial charge in [-0.3, -0.25) is 15.0 Å². The molecule has 144 valence electrons. The third-order valence-electron chi connectivity index (χ3n) is 4.86. The van der Waals surface area contributed by atoms with Crippen LogP contribution < -0.4 is 0 Å². The monoisotopic (exact) mass is 409 g/mol. The van der Waals surface area contributed by atoms with E-state index in [0.29, 0.717) is 18.1 Å². The van der Waals surface area contributed by atoms with Crippen LogP contribution in [0, 0.1) is 10.1 Å². The van der Waals surface area contributed by atoms with Gasteiger partial charge in [-0.2, -0.15) is 4.31 Å². The summed E-state index contributed by atoms with van der Waals surface area (Å²) in [4.78, 5) is 12.4. The fraction of sp³-hybridized carbons (Fsp3) is 0.333. The molecule has 1 aliphatic heterocycles. The molecule has 0 saturated carbocycles. The Kier molecular flexibility index (Phi) is 5.81. The van der Waals surface area contributed by atoms with E-state index in [4.69, 9.17) is 11.6 Å². The molecule has 0 unspecified atom stereocenters. The second kappa shape index (κ2) is 7.93. The van der Waals surface area contributed by atoms with E-state index in [0.717, 1.165) is 5.56 Å². The summed E-state index contributed by atoms with van der Waals surface area (Å²) in [6, 6.07) is 13.1. The number of sulfonamides is 1. The third kappa shape index (κ3) is 3.98. The summed E-state index contributed by atoms with van der Waals surface area (Å²) in [7, 11) is -3.92. The first-order valence-electron chi connectivity index (χ1n) is 8.54. The highest BCUT2D eigenvalue weighted by molar-refractivity contribution is 7.89. The third-order valence-corrected chi connectivity index (χ3v) is 7.15. The van der Waals surface area contributed by atoms with Crippen LogP contribution >= 0.6 is 11.6 Å². The molecular weight excluding hydrogens is 390 g/mol. The lowest BCUT2D eigenvalue weighted by atomic mass is 10.1. The summed E-state index contributed by atoms with van der Waals surface area (Å²) in [5, 5.41) is 11.9. The quantitative estimate of drug-likeness (QED) is 0.558. The first-order valence-corrected chi connectivity index (χ1v) is 10.4. The van der Waals surface area contributed by atoms with Crippen molar-refractivity contribution in [2.24, 2.45) is 0 Å². The Morgan fingerprint density at radius 2 is 1.63 bits per heavy atom. The Balaban J connectivity index is 1.76. The summed E-state index contributed by atoms with van der Waals surface area (Å²) < 4.78 is 27.1. The van der Waals surface area contributed by atoms with Gasteiger partial charge >= 0.3 is 0 Å². The van der Waals surface area contributed by atoms with Gasteiger partial charge < -0.3 is 0 Å². The fourth-order valence-electron chi connectivity index (χ4n) is 3.31. The van der Waals surface area contributed by atoms with Gasteiger partial charge in [-0.1, -0.05) is 41.9 Å². The topological polar surface area (TPSA) is 83.8 Å². The maximum atomic E-state index is 12.9. The second-order valence-electron chi connectivity index (χ2n) is 6.36. The van der Waals surface area contributed by atoms with Gasteiger partial charge in [0.1, 0.15) is 0 Å². The number of nitrogens with zero attached hydrogens (tertiary/aromatic N) is 3. The summed E-state index contributed by atoms with van der Waals surface area (Å²) in [5.74, 6) is 0. The molecule has 0 radical (unpaired) electrons. The van der Waals surface area contributed by atoms with Crippen LogP contribution in [0.3, 0.4) is 0 Å². The molecule has 2 aromatic rings. The normalized spacial score (nSPS) is 17.6. The maximum absolute atomic E-state index is 12.9. The van der Waals surface area contributed by atoms with Crippen LogP contribution in [-0.2, 0) is 10.0 Å². The van der Waals surface area contributed by atoms with E-state index >= 15 is 0 Å². The van der Waals surface area contributed by atoms with E-state index in [1.165, 1.54) is 28.6 Å². The summed E-state index contributed by atoms with van der Waals surface area (Å²) in [5.41, 5.74) is 0.596. The summed E-state index contributed by atoms with van der Waals surface area (Å²) >= 11 is 6.27. The van der Waals surface area contributed by atoms with Crippen LogP contribution in [0.15, 0.2) is 53.4 Å². The highest BCUT2D eigenvalue weighted by Crippen LogP contribution is 2.30. The average Bonchev–Trinajstić information content (AvgIpc) is 2.68. The molecule has 7 nitrogen and oxygen atoms in total. The summed E-state index contributed by atoms with van der Waals surface area (Å²) in [6.07, 6.45) is 0. The zero-order valence-electron chi connectivity index (χ0n) is 14.8. The van der Waals surface area contributed by atoms with Crippen LogP contribution in [0.4, 0.5) is 5.69 Å². The lowest BCUT2D eigenvalue weighted by Gasteiger charge is -2.37. The minimum atomic E-state index is -3.92. The Bertz CT molecular complexity index is 943. The van der Waals surface area contributed by atoms with Gasteiger partial charge in [0, 0.05) is 43.3 Å². The molecule has 0 N–H and O–H groups in total. The number of nitro groups is 1. The van der Waals surface area contributed by atoms with E-state index in [1.807, 2.05) is 31.2 Å².